The molecule has 3 rings (SSSR count). The first-order valence-corrected chi connectivity index (χ1v) is 13.1. The van der Waals surface area contributed by atoms with Gasteiger partial charge in [-0.05, 0) is 55.2 Å². The van der Waals surface area contributed by atoms with Crippen LogP contribution in [-0.2, 0) is 6.61 Å². The number of aromatic nitrogens is 1. The second-order valence-corrected chi connectivity index (χ2v) is 9.44. The van der Waals surface area contributed by atoms with Crippen molar-refractivity contribution in [3.8, 4) is 17.2 Å². The van der Waals surface area contributed by atoms with Gasteiger partial charge in [-0.1, -0.05) is 49.2 Å². The fraction of sp³-hybridized carbons (Fsp3) is 0.345. The molecule has 1 heterocycles. The normalized spacial score (nSPS) is 11.4. The summed E-state index contributed by atoms with van der Waals surface area (Å²) in [7, 11) is 3.06. The Morgan fingerprint density at radius 3 is 2.11 bits per heavy atom. The van der Waals surface area contributed by atoms with Crippen molar-refractivity contribution < 1.29 is 14.2 Å². The molecule has 2 aromatic carbocycles. The number of benzene rings is 2. The van der Waals surface area contributed by atoms with Crippen LogP contribution in [0.1, 0.15) is 50.3 Å². The van der Waals surface area contributed by atoms with Crippen molar-refractivity contribution in [2.75, 3.05) is 37.9 Å². The van der Waals surface area contributed by atoms with Gasteiger partial charge in [-0.25, -0.2) is 4.98 Å². The number of halogens is 2. The summed E-state index contributed by atoms with van der Waals surface area (Å²) >= 11 is 12.9. The topological polar surface area (TPSA) is 69.8 Å². The second kappa shape index (κ2) is 13.5. The number of ether oxygens (including phenoxy) is 3. The van der Waals surface area contributed by atoms with Gasteiger partial charge in [-0.2, -0.15) is 0 Å². The number of allylic oxidation sites excluding steroid dienone is 1. The van der Waals surface area contributed by atoms with Gasteiger partial charge >= 0.3 is 0 Å². The van der Waals surface area contributed by atoms with E-state index in [2.05, 4.69) is 54.9 Å². The molecule has 2 N–H and O–H groups in total. The summed E-state index contributed by atoms with van der Waals surface area (Å²) in [6.45, 7) is 8.67. The van der Waals surface area contributed by atoms with Crippen LogP contribution >= 0.6 is 23.2 Å². The molecule has 37 heavy (non-hydrogen) atoms. The van der Waals surface area contributed by atoms with E-state index in [1.165, 1.54) is 19.9 Å². The van der Waals surface area contributed by atoms with Gasteiger partial charge in [0.05, 0.1) is 30.5 Å². The molecule has 1 aromatic heterocycles. The van der Waals surface area contributed by atoms with E-state index < -0.39 is 0 Å². The van der Waals surface area contributed by atoms with E-state index in [4.69, 9.17) is 43.1 Å². The molecule has 6 nitrogen and oxygen atoms in total. The number of hydrogen-bond donors (Lipinski definition) is 1. The van der Waals surface area contributed by atoms with E-state index in [9.17, 15) is 0 Å². The predicted molar refractivity (Wildman–Crippen MR) is 155 cm³/mol. The van der Waals surface area contributed by atoms with Crippen LogP contribution in [0.3, 0.4) is 0 Å². The number of nitrogens with two attached hydrogens (primary N) is 1. The molecule has 8 heteroatoms. The van der Waals surface area contributed by atoms with Crippen molar-refractivity contribution in [3.05, 3.63) is 69.3 Å². The van der Waals surface area contributed by atoms with Crippen molar-refractivity contribution in [1.82, 2.24) is 4.98 Å². The average Bonchev–Trinajstić information content (AvgIpc) is 2.90. The van der Waals surface area contributed by atoms with Crippen LogP contribution < -0.4 is 24.8 Å². The monoisotopic (exact) mass is 543 g/mol. The molecule has 0 fully saturated rings. The van der Waals surface area contributed by atoms with Gasteiger partial charge in [0.1, 0.15) is 29.7 Å². The Labute approximate surface area is 230 Å². The Kier molecular flexibility index (Phi) is 10.4. The second-order valence-electron chi connectivity index (χ2n) is 8.68. The summed E-state index contributed by atoms with van der Waals surface area (Å²) in [6.07, 6.45) is 5.82. The Morgan fingerprint density at radius 2 is 1.57 bits per heavy atom. The molecule has 0 saturated carbocycles. The first-order valence-electron chi connectivity index (χ1n) is 12.3. The lowest BCUT2D eigenvalue weighted by atomic mass is 10.0. The number of nitrogen functional groups attached to an aromatic ring is 1. The fourth-order valence-electron chi connectivity index (χ4n) is 4.05. The quantitative estimate of drug-likeness (QED) is 0.251. The summed E-state index contributed by atoms with van der Waals surface area (Å²) in [5, 5.41) is 0.736. The maximum absolute atomic E-state index is 6.47. The molecule has 0 aliphatic carbocycles. The molecule has 0 saturated heterocycles. The van der Waals surface area contributed by atoms with Crippen LogP contribution in [0, 0.1) is 0 Å². The molecule has 0 radical (unpaired) electrons. The predicted octanol–water partition coefficient (Wildman–Crippen LogP) is 7.75. The maximum Gasteiger partial charge on any atom is 0.141 e. The summed E-state index contributed by atoms with van der Waals surface area (Å²) < 4.78 is 16.7. The Hall–Kier alpha value is -3.09. The Balaban J connectivity index is 1.81. The molecular weight excluding hydrogens is 509 g/mol. The van der Waals surface area contributed by atoms with Crippen LogP contribution in [0.4, 0.5) is 11.5 Å². The number of nitrogens with zero attached hydrogens (tertiary/aromatic N) is 2. The molecule has 3 aromatic rings. The largest absolute Gasteiger partial charge is 0.495 e. The molecule has 0 aliphatic heterocycles. The summed E-state index contributed by atoms with van der Waals surface area (Å²) in [6, 6.07) is 12.1. The molecule has 0 aliphatic rings. The van der Waals surface area contributed by atoms with Crippen molar-refractivity contribution in [2.45, 2.75) is 40.2 Å². The smallest absolute Gasteiger partial charge is 0.141 e. The third-order valence-electron chi connectivity index (χ3n) is 6.02. The van der Waals surface area contributed by atoms with E-state index in [-0.39, 0.29) is 6.61 Å². The first-order chi connectivity index (χ1) is 17.8. The molecular formula is C29H35Cl2N3O3. The Morgan fingerprint density at radius 1 is 0.973 bits per heavy atom. The lowest BCUT2D eigenvalue weighted by Crippen LogP contribution is -2.24. The number of anilines is 2. The lowest BCUT2D eigenvalue weighted by Gasteiger charge is -2.24. The van der Waals surface area contributed by atoms with Crippen molar-refractivity contribution in [3.63, 3.8) is 0 Å². The highest BCUT2D eigenvalue weighted by atomic mass is 35.5. The van der Waals surface area contributed by atoms with E-state index >= 15 is 0 Å². The fourth-order valence-corrected chi connectivity index (χ4v) is 4.66. The van der Waals surface area contributed by atoms with Crippen LogP contribution in [0.25, 0.3) is 11.6 Å². The molecule has 198 valence electrons. The zero-order chi connectivity index (χ0) is 26.9. The molecule has 0 amide bonds. The van der Waals surface area contributed by atoms with Crippen LogP contribution in [0.2, 0.25) is 10.0 Å². The van der Waals surface area contributed by atoms with Crippen LogP contribution in [0.5, 0.6) is 17.2 Å². The van der Waals surface area contributed by atoms with Gasteiger partial charge in [-0.3, -0.25) is 0 Å². The zero-order valence-corrected chi connectivity index (χ0v) is 23.6. The van der Waals surface area contributed by atoms with E-state index in [0.717, 1.165) is 42.6 Å². The van der Waals surface area contributed by atoms with Gasteiger partial charge in [0.25, 0.3) is 0 Å². The van der Waals surface area contributed by atoms with Gasteiger partial charge in [0.2, 0.25) is 0 Å². The van der Waals surface area contributed by atoms with Gasteiger partial charge < -0.3 is 24.8 Å². The van der Waals surface area contributed by atoms with Crippen LogP contribution in [0.15, 0.2) is 42.6 Å². The molecule has 0 unspecified atom stereocenters. The lowest BCUT2D eigenvalue weighted by molar-refractivity contribution is 0.303. The highest BCUT2D eigenvalue weighted by Crippen LogP contribution is 2.41. The van der Waals surface area contributed by atoms with E-state index in [1.54, 1.807) is 12.3 Å². The SMILES string of the molecule is CCCN(CCC)c1ccc(/C(C)=C/c2cc(OCc3c(Cl)c(OC)cc(OC)c3Cl)cnc2N)cc1. The van der Waals surface area contributed by atoms with Crippen molar-refractivity contribution >= 4 is 46.4 Å². The number of pyridine rings is 1. The summed E-state index contributed by atoms with van der Waals surface area (Å²) in [4.78, 5) is 6.73. The first kappa shape index (κ1) is 28.5. The van der Waals surface area contributed by atoms with Gasteiger partial charge in [0, 0.05) is 36.0 Å². The third-order valence-corrected chi connectivity index (χ3v) is 6.85. The highest BCUT2D eigenvalue weighted by Gasteiger charge is 2.18. The van der Waals surface area contributed by atoms with Crippen molar-refractivity contribution in [1.29, 1.82) is 0 Å². The van der Waals surface area contributed by atoms with Gasteiger partial charge in [0.15, 0.2) is 0 Å². The summed E-state index contributed by atoms with van der Waals surface area (Å²) in [5.41, 5.74) is 10.9. The number of methoxy groups -OCH3 is 2. The Bertz CT molecular complexity index is 1200. The molecule has 0 atom stereocenters. The van der Waals surface area contributed by atoms with Crippen LogP contribution in [-0.4, -0.2) is 32.3 Å². The number of hydrogen-bond acceptors (Lipinski definition) is 6. The minimum Gasteiger partial charge on any atom is -0.495 e. The van der Waals surface area contributed by atoms with Crippen molar-refractivity contribution in [2.24, 2.45) is 0 Å². The molecule has 0 spiro atoms. The molecule has 0 bridgehead atoms. The third kappa shape index (κ3) is 7.02. The highest BCUT2D eigenvalue weighted by molar-refractivity contribution is 6.37. The zero-order valence-electron chi connectivity index (χ0n) is 22.1. The average molecular weight is 545 g/mol. The van der Waals surface area contributed by atoms with Gasteiger partial charge in [-0.15, -0.1) is 0 Å². The van der Waals surface area contributed by atoms with E-state index in [1.807, 2.05) is 12.1 Å². The number of rotatable bonds is 12. The van der Waals surface area contributed by atoms with E-state index in [0.29, 0.717) is 38.7 Å². The minimum absolute atomic E-state index is 0.104. The standard InChI is InChI=1S/C29H35Cl2N3O3/c1-6-12-34(13-7-2)22-10-8-20(9-11-22)19(3)14-21-15-23(17-33-29(21)32)37-18-24-27(30)25(35-4)16-26(36-5)28(24)31/h8-11,14-17H,6-7,12-13,18H2,1-5H3,(H2,32,33)/b19-14+. The minimum atomic E-state index is 0.104. The summed E-state index contributed by atoms with van der Waals surface area (Å²) in [5.74, 6) is 1.86. The maximum atomic E-state index is 6.47.